The van der Waals surface area contributed by atoms with Gasteiger partial charge in [-0.05, 0) is 6.07 Å². The molecular weight excluding hydrogens is 478 g/mol. The van der Waals surface area contributed by atoms with Gasteiger partial charge in [-0.1, -0.05) is 0 Å². The molecule has 1 N–H and O–H groups in total. The van der Waals surface area contributed by atoms with E-state index >= 15 is 0 Å². The number of pyridine rings is 1. The Labute approximate surface area is 196 Å². The third kappa shape index (κ3) is 3.94. The Hall–Kier alpha value is -2.67. The number of aromatic nitrogens is 1. The monoisotopic (exact) mass is 501 g/mol. The smallest absolute Gasteiger partial charge is 0.417 e. The first-order chi connectivity index (χ1) is 16.1. The van der Waals surface area contributed by atoms with Gasteiger partial charge in [0.2, 0.25) is 0 Å². The zero-order valence-corrected chi connectivity index (χ0v) is 19.1. The van der Waals surface area contributed by atoms with Crippen LogP contribution in [0.3, 0.4) is 0 Å². The fourth-order valence-electron chi connectivity index (χ4n) is 4.80. The van der Waals surface area contributed by atoms with E-state index in [1.54, 1.807) is 9.80 Å². The molecule has 0 atom stereocenters. The van der Waals surface area contributed by atoms with Crippen molar-refractivity contribution in [3.05, 3.63) is 22.6 Å². The summed E-state index contributed by atoms with van der Waals surface area (Å²) in [6, 6.07) is 1.03. The summed E-state index contributed by atoms with van der Waals surface area (Å²) in [6.45, 7) is 2.79. The molecule has 0 aliphatic carbocycles. The first-order valence-corrected chi connectivity index (χ1v) is 11.7. The van der Waals surface area contributed by atoms with Crippen LogP contribution in [0.2, 0.25) is 0 Å². The van der Waals surface area contributed by atoms with Gasteiger partial charge >= 0.3 is 12.3 Å². The number of ether oxygens (including phenoxy) is 1. The number of likely N-dealkylation sites (tertiary alicyclic amines) is 2. The quantitative estimate of drug-likeness (QED) is 0.635. The molecule has 0 bridgehead atoms. The molecule has 0 unspecified atom stereocenters. The van der Waals surface area contributed by atoms with Gasteiger partial charge < -0.3 is 19.9 Å². The van der Waals surface area contributed by atoms with Crippen LogP contribution in [0.25, 0.3) is 10.2 Å². The van der Waals surface area contributed by atoms with Crippen LogP contribution < -0.4 is 10.2 Å². The molecule has 3 fully saturated rings. The number of carbonyl (C=O) groups excluding carboxylic acids is 2. The van der Waals surface area contributed by atoms with E-state index in [4.69, 9.17) is 4.74 Å². The number of halogens is 4. The summed E-state index contributed by atoms with van der Waals surface area (Å²) in [5.74, 6) is -0.325. The maximum atomic E-state index is 13.7. The van der Waals surface area contributed by atoms with Crippen LogP contribution in [0.4, 0.5) is 28.2 Å². The molecule has 0 radical (unpaired) electrons. The standard InChI is InChI=1S/C21H23F4N5O3S/c1-26-18(31)13-7-34-17-14(21(23,24)25)4-15(27-16(13)17)29-8-20(9-29)10-30(11-20)19(32)33-12-5-28(6-12)3-2-22/h4,7,12H,2-3,5-6,8-11H2,1H3,(H,26,31). The minimum atomic E-state index is -4.58. The third-order valence-electron chi connectivity index (χ3n) is 6.57. The Morgan fingerprint density at radius 1 is 1.26 bits per heavy atom. The molecule has 13 heteroatoms. The first kappa shape index (κ1) is 23.1. The van der Waals surface area contributed by atoms with E-state index in [1.165, 1.54) is 12.4 Å². The molecule has 5 rings (SSSR count). The van der Waals surface area contributed by atoms with Crippen molar-refractivity contribution in [2.45, 2.75) is 12.3 Å². The molecule has 0 aromatic carbocycles. The van der Waals surface area contributed by atoms with Crippen molar-refractivity contribution in [3.63, 3.8) is 0 Å². The number of hydrogen-bond donors (Lipinski definition) is 1. The third-order valence-corrected chi connectivity index (χ3v) is 7.57. The lowest BCUT2D eigenvalue weighted by Gasteiger charge is -2.60. The average molecular weight is 502 g/mol. The first-order valence-electron chi connectivity index (χ1n) is 10.8. The number of amides is 2. The van der Waals surface area contributed by atoms with Crippen LogP contribution in [0.15, 0.2) is 11.4 Å². The number of anilines is 1. The summed E-state index contributed by atoms with van der Waals surface area (Å²) >= 11 is 0.849. The molecule has 3 aliphatic rings. The van der Waals surface area contributed by atoms with E-state index in [2.05, 4.69) is 10.3 Å². The SMILES string of the molecule is CNC(=O)c1csc2c(C(F)(F)F)cc(N3CC4(CN(C(=O)OC5CN(CCF)C5)C4)C3)nc12. The Morgan fingerprint density at radius 2 is 1.97 bits per heavy atom. The molecule has 2 aromatic rings. The molecule has 34 heavy (non-hydrogen) atoms. The number of alkyl halides is 4. The molecule has 0 saturated carbocycles. The van der Waals surface area contributed by atoms with Crippen molar-refractivity contribution in [2.75, 3.05) is 64.4 Å². The molecule has 1 spiro atoms. The highest BCUT2D eigenvalue weighted by Gasteiger charge is 2.54. The molecule has 8 nitrogen and oxygen atoms in total. The summed E-state index contributed by atoms with van der Waals surface area (Å²) in [4.78, 5) is 34.0. The fraction of sp³-hybridized carbons (Fsp3) is 0.571. The topological polar surface area (TPSA) is 78.0 Å². The largest absolute Gasteiger partial charge is 0.443 e. The van der Waals surface area contributed by atoms with Gasteiger partial charge in [0.05, 0.1) is 21.3 Å². The number of carbonyl (C=O) groups is 2. The zero-order valence-electron chi connectivity index (χ0n) is 18.3. The zero-order chi connectivity index (χ0) is 24.3. The molecule has 3 saturated heterocycles. The van der Waals surface area contributed by atoms with Crippen LogP contribution in [0.5, 0.6) is 0 Å². The van der Waals surface area contributed by atoms with E-state index in [0.717, 1.165) is 17.4 Å². The lowest BCUT2D eigenvalue weighted by atomic mass is 9.73. The van der Waals surface area contributed by atoms with Gasteiger partial charge in [0.25, 0.3) is 5.91 Å². The van der Waals surface area contributed by atoms with Crippen LogP contribution in [0.1, 0.15) is 15.9 Å². The average Bonchev–Trinajstić information content (AvgIpc) is 3.12. The Balaban J connectivity index is 1.24. The maximum absolute atomic E-state index is 13.7. The van der Waals surface area contributed by atoms with Gasteiger partial charge in [0.15, 0.2) is 0 Å². The molecule has 2 amide bonds. The number of thiophene rings is 1. The highest BCUT2D eigenvalue weighted by atomic mass is 32.1. The lowest BCUT2D eigenvalue weighted by molar-refractivity contribution is -0.136. The summed E-state index contributed by atoms with van der Waals surface area (Å²) < 4.78 is 58.8. The number of nitrogens with zero attached hydrogens (tertiary/aromatic N) is 4. The van der Waals surface area contributed by atoms with Crippen molar-refractivity contribution >= 4 is 39.4 Å². The van der Waals surface area contributed by atoms with Gasteiger partial charge in [-0.2, -0.15) is 13.2 Å². The highest BCUT2D eigenvalue weighted by Crippen LogP contribution is 2.45. The van der Waals surface area contributed by atoms with Gasteiger partial charge in [-0.3, -0.25) is 9.69 Å². The number of fused-ring (bicyclic) bond motifs is 1. The van der Waals surface area contributed by atoms with Gasteiger partial charge in [0.1, 0.15) is 18.6 Å². The van der Waals surface area contributed by atoms with Crippen molar-refractivity contribution in [2.24, 2.45) is 5.41 Å². The van der Waals surface area contributed by atoms with E-state index in [9.17, 15) is 27.2 Å². The number of rotatable bonds is 5. The summed E-state index contributed by atoms with van der Waals surface area (Å²) in [5, 5.41) is 3.83. The van der Waals surface area contributed by atoms with Crippen LogP contribution >= 0.6 is 11.3 Å². The van der Waals surface area contributed by atoms with Crippen LogP contribution in [-0.2, 0) is 10.9 Å². The predicted octanol–water partition coefficient (Wildman–Crippen LogP) is 2.59. The van der Waals surface area contributed by atoms with Crippen molar-refractivity contribution in [3.8, 4) is 0 Å². The van der Waals surface area contributed by atoms with Gasteiger partial charge in [-0.15, -0.1) is 11.3 Å². The number of nitrogens with one attached hydrogen (secondary N) is 1. The summed E-state index contributed by atoms with van der Waals surface area (Å²) in [5.41, 5.74) is -0.860. The van der Waals surface area contributed by atoms with Crippen molar-refractivity contribution in [1.29, 1.82) is 0 Å². The molecule has 3 aliphatic heterocycles. The molecular formula is C21H23F4N5O3S. The second kappa shape index (κ2) is 8.22. The summed E-state index contributed by atoms with van der Waals surface area (Å²) in [6.07, 6.45) is -5.23. The van der Waals surface area contributed by atoms with E-state index in [-0.39, 0.29) is 33.1 Å². The van der Waals surface area contributed by atoms with Gasteiger partial charge in [0, 0.05) is 63.7 Å². The maximum Gasteiger partial charge on any atom is 0.417 e. The fourth-order valence-corrected chi connectivity index (χ4v) is 5.82. The Kier molecular flexibility index (Phi) is 5.58. The molecule has 5 heterocycles. The predicted molar refractivity (Wildman–Crippen MR) is 117 cm³/mol. The summed E-state index contributed by atoms with van der Waals surface area (Å²) in [7, 11) is 1.41. The van der Waals surface area contributed by atoms with Gasteiger partial charge in [-0.25, -0.2) is 14.2 Å². The molecule has 2 aromatic heterocycles. The second-order valence-corrected chi connectivity index (χ2v) is 9.98. The minimum Gasteiger partial charge on any atom is -0.443 e. The van der Waals surface area contributed by atoms with Crippen molar-refractivity contribution in [1.82, 2.24) is 20.1 Å². The highest BCUT2D eigenvalue weighted by molar-refractivity contribution is 7.17. The second-order valence-electron chi connectivity index (χ2n) is 9.10. The molecule has 184 valence electrons. The minimum absolute atomic E-state index is 0.0382. The normalized spacial score (nSPS) is 20.1. The van der Waals surface area contributed by atoms with E-state index < -0.39 is 30.4 Å². The van der Waals surface area contributed by atoms with E-state index in [1.807, 2.05) is 4.90 Å². The van der Waals surface area contributed by atoms with Crippen molar-refractivity contribution < 1.29 is 31.9 Å². The number of hydrogen-bond acceptors (Lipinski definition) is 7. The van der Waals surface area contributed by atoms with Crippen LogP contribution in [0, 0.1) is 5.41 Å². The van der Waals surface area contributed by atoms with E-state index in [0.29, 0.717) is 45.8 Å². The Bertz CT molecular complexity index is 1120. The Morgan fingerprint density at radius 3 is 2.59 bits per heavy atom. The lowest BCUT2D eigenvalue weighted by Crippen LogP contribution is -2.73. The van der Waals surface area contributed by atoms with Crippen LogP contribution in [-0.4, -0.2) is 92.4 Å².